The molecule has 0 spiro atoms. The lowest BCUT2D eigenvalue weighted by atomic mass is 10.1. The molecule has 0 saturated carbocycles. The minimum Gasteiger partial charge on any atom is -0.144 e. The summed E-state index contributed by atoms with van der Waals surface area (Å²) in [4.78, 5) is 1.31. The van der Waals surface area contributed by atoms with Crippen LogP contribution in [-0.4, -0.2) is 0 Å². The molecule has 1 aromatic heterocycles. The van der Waals surface area contributed by atoms with E-state index in [-0.39, 0.29) is 0 Å². The lowest BCUT2D eigenvalue weighted by Gasteiger charge is -2.02. The van der Waals surface area contributed by atoms with Crippen LogP contribution in [0.2, 0.25) is 0 Å². The summed E-state index contributed by atoms with van der Waals surface area (Å²) < 4.78 is 0. The first kappa shape index (κ1) is 9.22. The molecule has 2 rings (SSSR count). The minimum absolute atomic E-state index is 1.11. The van der Waals surface area contributed by atoms with E-state index in [2.05, 4.69) is 48.4 Å². The third kappa shape index (κ3) is 1.78. The summed E-state index contributed by atoms with van der Waals surface area (Å²) in [6.07, 6.45) is 0. The zero-order chi connectivity index (χ0) is 9.97. The molecule has 70 valence electrons. The number of rotatable bonds is 2. The van der Waals surface area contributed by atoms with Crippen LogP contribution >= 0.6 is 11.3 Å². The number of thiophene rings is 1. The number of benzene rings is 1. The average Bonchev–Trinajstić information content (AvgIpc) is 2.71. The Morgan fingerprint density at radius 1 is 1.21 bits per heavy atom. The monoisotopic (exact) mass is 200 g/mol. The van der Waals surface area contributed by atoms with Gasteiger partial charge in [-0.05, 0) is 35.6 Å². The molecule has 0 N–H and O–H groups in total. The molecule has 0 saturated heterocycles. The van der Waals surface area contributed by atoms with Crippen LogP contribution in [0.25, 0.3) is 16.0 Å². The highest BCUT2D eigenvalue weighted by molar-refractivity contribution is 7.13. The van der Waals surface area contributed by atoms with Gasteiger partial charge in [0.15, 0.2) is 0 Å². The molecule has 0 aliphatic rings. The van der Waals surface area contributed by atoms with Gasteiger partial charge in [-0.15, -0.1) is 11.3 Å². The molecular weight excluding hydrogens is 188 g/mol. The second-order valence-corrected chi connectivity index (χ2v) is 4.29. The smallest absolute Gasteiger partial charge is 0.0342 e. The molecule has 1 aromatic carbocycles. The third-order valence-corrected chi connectivity index (χ3v) is 3.08. The predicted molar refractivity (Wildman–Crippen MR) is 64.5 cm³/mol. The van der Waals surface area contributed by atoms with Gasteiger partial charge in [-0.3, -0.25) is 0 Å². The minimum atomic E-state index is 1.11. The van der Waals surface area contributed by atoms with E-state index in [1.54, 1.807) is 11.3 Å². The number of hydrogen-bond acceptors (Lipinski definition) is 1. The Hall–Kier alpha value is -1.34. The summed E-state index contributed by atoms with van der Waals surface area (Å²) in [7, 11) is 0. The summed E-state index contributed by atoms with van der Waals surface area (Å²) in [5.41, 5.74) is 3.61. The first-order chi connectivity index (χ1) is 6.77. The maximum Gasteiger partial charge on any atom is 0.0342 e. The zero-order valence-electron chi connectivity index (χ0n) is 8.16. The normalized spacial score (nSPS) is 10.1. The first-order valence-electron chi connectivity index (χ1n) is 4.57. The SMILES string of the molecule is C=C(C)c1cccc(-c2cccs2)c1. The van der Waals surface area contributed by atoms with E-state index in [1.807, 2.05) is 6.92 Å². The van der Waals surface area contributed by atoms with E-state index in [0.29, 0.717) is 0 Å². The van der Waals surface area contributed by atoms with Gasteiger partial charge in [-0.25, -0.2) is 0 Å². The molecule has 0 aliphatic heterocycles. The predicted octanol–water partition coefficient (Wildman–Crippen LogP) is 4.45. The lowest BCUT2D eigenvalue weighted by Crippen LogP contribution is -1.78. The van der Waals surface area contributed by atoms with Gasteiger partial charge in [0.25, 0.3) is 0 Å². The summed E-state index contributed by atoms with van der Waals surface area (Å²) >= 11 is 1.77. The van der Waals surface area contributed by atoms with Gasteiger partial charge in [-0.1, -0.05) is 36.4 Å². The van der Waals surface area contributed by atoms with Crippen LogP contribution in [0.5, 0.6) is 0 Å². The van der Waals surface area contributed by atoms with Gasteiger partial charge in [0.1, 0.15) is 0 Å². The van der Waals surface area contributed by atoms with Crippen molar-refractivity contribution in [2.24, 2.45) is 0 Å². The highest BCUT2D eigenvalue weighted by Gasteiger charge is 1.99. The van der Waals surface area contributed by atoms with E-state index in [4.69, 9.17) is 0 Å². The van der Waals surface area contributed by atoms with Gasteiger partial charge < -0.3 is 0 Å². The highest BCUT2D eigenvalue weighted by atomic mass is 32.1. The van der Waals surface area contributed by atoms with Crippen molar-refractivity contribution in [3.8, 4) is 10.4 Å². The summed E-state index contributed by atoms with van der Waals surface area (Å²) in [5.74, 6) is 0. The molecule has 2 aromatic rings. The van der Waals surface area contributed by atoms with Crippen LogP contribution in [0.4, 0.5) is 0 Å². The van der Waals surface area contributed by atoms with Gasteiger partial charge >= 0.3 is 0 Å². The lowest BCUT2D eigenvalue weighted by molar-refractivity contribution is 1.58. The molecule has 0 amide bonds. The number of hydrogen-bond donors (Lipinski definition) is 0. The fourth-order valence-electron chi connectivity index (χ4n) is 1.38. The number of allylic oxidation sites excluding steroid dienone is 1. The highest BCUT2D eigenvalue weighted by Crippen LogP contribution is 2.26. The van der Waals surface area contributed by atoms with Gasteiger partial charge in [0.05, 0.1) is 0 Å². The maximum absolute atomic E-state index is 3.95. The van der Waals surface area contributed by atoms with Crippen molar-refractivity contribution in [3.05, 3.63) is 53.9 Å². The van der Waals surface area contributed by atoms with Crippen LogP contribution in [0.15, 0.2) is 48.4 Å². The molecule has 0 atom stereocenters. The standard InChI is InChI=1S/C13H12S/c1-10(2)11-5-3-6-12(9-11)13-7-4-8-14-13/h3-9H,1H2,2H3. The van der Waals surface area contributed by atoms with Crippen molar-refractivity contribution in [3.63, 3.8) is 0 Å². The zero-order valence-corrected chi connectivity index (χ0v) is 8.97. The molecule has 0 bridgehead atoms. The second-order valence-electron chi connectivity index (χ2n) is 3.34. The van der Waals surface area contributed by atoms with E-state index in [0.717, 1.165) is 5.57 Å². The van der Waals surface area contributed by atoms with Crippen LogP contribution in [0, 0.1) is 0 Å². The van der Waals surface area contributed by atoms with Crippen molar-refractivity contribution in [2.75, 3.05) is 0 Å². The maximum atomic E-state index is 3.95. The quantitative estimate of drug-likeness (QED) is 0.672. The molecule has 0 fully saturated rings. The van der Waals surface area contributed by atoms with E-state index in [1.165, 1.54) is 16.0 Å². The Balaban J connectivity index is 2.46. The molecule has 0 radical (unpaired) electrons. The van der Waals surface area contributed by atoms with Crippen molar-refractivity contribution in [1.29, 1.82) is 0 Å². The Morgan fingerprint density at radius 2 is 2.07 bits per heavy atom. The fourth-order valence-corrected chi connectivity index (χ4v) is 2.10. The van der Waals surface area contributed by atoms with Gasteiger partial charge in [-0.2, -0.15) is 0 Å². The molecule has 0 aliphatic carbocycles. The van der Waals surface area contributed by atoms with Gasteiger partial charge in [0.2, 0.25) is 0 Å². The molecule has 1 heterocycles. The van der Waals surface area contributed by atoms with Crippen LogP contribution in [-0.2, 0) is 0 Å². The fraction of sp³-hybridized carbons (Fsp3) is 0.0769. The van der Waals surface area contributed by atoms with Crippen molar-refractivity contribution < 1.29 is 0 Å². The van der Waals surface area contributed by atoms with Crippen LogP contribution < -0.4 is 0 Å². The average molecular weight is 200 g/mol. The molecule has 0 nitrogen and oxygen atoms in total. The Bertz CT molecular complexity index is 438. The summed E-state index contributed by atoms with van der Waals surface area (Å²) in [6.45, 7) is 5.99. The molecule has 1 heteroatoms. The Labute approximate surface area is 88.5 Å². The third-order valence-electron chi connectivity index (χ3n) is 2.16. The Morgan fingerprint density at radius 3 is 2.71 bits per heavy atom. The summed E-state index contributed by atoms with van der Waals surface area (Å²) in [5, 5.41) is 2.10. The van der Waals surface area contributed by atoms with E-state index < -0.39 is 0 Å². The molecular formula is C13H12S. The van der Waals surface area contributed by atoms with E-state index >= 15 is 0 Å². The summed E-state index contributed by atoms with van der Waals surface area (Å²) in [6, 6.07) is 12.7. The van der Waals surface area contributed by atoms with Crippen LogP contribution in [0.3, 0.4) is 0 Å². The molecule has 14 heavy (non-hydrogen) atoms. The van der Waals surface area contributed by atoms with Crippen molar-refractivity contribution in [2.45, 2.75) is 6.92 Å². The van der Waals surface area contributed by atoms with Crippen molar-refractivity contribution in [1.82, 2.24) is 0 Å². The van der Waals surface area contributed by atoms with Crippen LogP contribution in [0.1, 0.15) is 12.5 Å². The van der Waals surface area contributed by atoms with Crippen molar-refractivity contribution >= 4 is 16.9 Å². The largest absolute Gasteiger partial charge is 0.144 e. The second kappa shape index (κ2) is 3.81. The topological polar surface area (TPSA) is 0 Å². The Kier molecular flexibility index (Phi) is 2.51. The van der Waals surface area contributed by atoms with Gasteiger partial charge in [0, 0.05) is 4.88 Å². The van der Waals surface area contributed by atoms with E-state index in [9.17, 15) is 0 Å². The molecule has 0 unspecified atom stereocenters. The first-order valence-corrected chi connectivity index (χ1v) is 5.45.